The summed E-state index contributed by atoms with van der Waals surface area (Å²) >= 11 is 0. The van der Waals surface area contributed by atoms with Crippen LogP contribution in [0.25, 0.3) is 22.1 Å². The largest absolute Gasteiger partial charge is 0.464 e. The maximum Gasteiger partial charge on any atom is 0.227 e. The first-order valence-corrected chi connectivity index (χ1v) is 10.0. The number of ether oxygens (including phenoxy) is 1. The number of amides is 1. The Bertz CT molecular complexity index is 990. The van der Waals surface area contributed by atoms with E-state index in [1.165, 1.54) is 5.56 Å². The van der Waals surface area contributed by atoms with Crippen molar-refractivity contribution in [2.45, 2.75) is 12.8 Å². The van der Waals surface area contributed by atoms with Gasteiger partial charge >= 0.3 is 0 Å². The molecule has 1 amide bonds. The first-order valence-electron chi connectivity index (χ1n) is 10.0. The average molecular weight is 395 g/mol. The number of aromatic nitrogens is 1. The normalized spacial score (nSPS) is 14.7. The van der Waals surface area contributed by atoms with Crippen LogP contribution in [0.1, 0.15) is 11.1 Å². The minimum Gasteiger partial charge on any atom is -0.464 e. The predicted octanol–water partition coefficient (Wildman–Crippen LogP) is 3.00. The zero-order valence-electron chi connectivity index (χ0n) is 17.1. The molecule has 0 aliphatic carbocycles. The Kier molecular flexibility index (Phi) is 5.92. The van der Waals surface area contributed by atoms with Gasteiger partial charge in [-0.25, -0.2) is 0 Å². The molecule has 1 aliphatic heterocycles. The molecule has 0 saturated carbocycles. The molecule has 0 spiro atoms. The lowest BCUT2D eigenvalue weighted by Crippen LogP contribution is -2.41. The lowest BCUT2D eigenvalue weighted by Gasteiger charge is -2.26. The molecule has 1 aromatic carbocycles. The van der Waals surface area contributed by atoms with Gasteiger partial charge < -0.3 is 19.0 Å². The van der Waals surface area contributed by atoms with Crippen LogP contribution in [0.2, 0.25) is 0 Å². The Labute approximate surface area is 171 Å². The number of furan rings is 1. The summed E-state index contributed by atoms with van der Waals surface area (Å²) in [5, 5.41) is 1.14. The Morgan fingerprint density at radius 3 is 2.79 bits per heavy atom. The van der Waals surface area contributed by atoms with Gasteiger partial charge in [0.05, 0.1) is 25.9 Å². The summed E-state index contributed by atoms with van der Waals surface area (Å²) in [5.74, 6) is 0.128. The van der Waals surface area contributed by atoms with Gasteiger partial charge in [0.2, 0.25) is 5.91 Å². The molecule has 0 N–H and O–H groups in total. The van der Waals surface area contributed by atoms with Crippen LogP contribution in [0.4, 0.5) is 0 Å². The number of fused-ring (bicyclic) bond motifs is 1. The van der Waals surface area contributed by atoms with Crippen molar-refractivity contribution in [2.75, 3.05) is 46.9 Å². The van der Waals surface area contributed by atoms with Crippen molar-refractivity contribution in [3.8, 4) is 11.1 Å². The smallest absolute Gasteiger partial charge is 0.227 e. The van der Waals surface area contributed by atoms with E-state index >= 15 is 0 Å². The molecule has 29 heavy (non-hydrogen) atoms. The molecule has 4 rings (SSSR count). The average Bonchev–Trinajstić information content (AvgIpc) is 3.15. The zero-order chi connectivity index (χ0) is 20.2. The van der Waals surface area contributed by atoms with Crippen molar-refractivity contribution in [3.63, 3.8) is 0 Å². The second-order valence-electron chi connectivity index (χ2n) is 7.78. The van der Waals surface area contributed by atoms with Crippen molar-refractivity contribution < 1.29 is 13.9 Å². The topological polar surface area (TPSA) is 58.8 Å². The second-order valence-corrected chi connectivity index (χ2v) is 7.78. The minimum absolute atomic E-state index is 0.128. The molecular weight excluding hydrogens is 368 g/mol. The van der Waals surface area contributed by atoms with E-state index in [9.17, 15) is 4.79 Å². The maximum atomic E-state index is 12.6. The molecule has 6 nitrogen and oxygen atoms in total. The highest BCUT2D eigenvalue weighted by atomic mass is 16.5. The van der Waals surface area contributed by atoms with Crippen LogP contribution in [0, 0.1) is 0 Å². The van der Waals surface area contributed by atoms with Crippen LogP contribution in [-0.2, 0) is 22.4 Å². The molecule has 0 unspecified atom stereocenters. The van der Waals surface area contributed by atoms with Gasteiger partial charge in [-0.2, -0.15) is 0 Å². The molecule has 0 bridgehead atoms. The van der Waals surface area contributed by atoms with E-state index in [1.807, 2.05) is 29.5 Å². The van der Waals surface area contributed by atoms with E-state index in [-0.39, 0.29) is 5.91 Å². The van der Waals surface area contributed by atoms with Gasteiger partial charge in [-0.05, 0) is 55.4 Å². The third kappa shape index (κ3) is 4.66. The summed E-state index contributed by atoms with van der Waals surface area (Å²) in [7, 11) is 4.14. The summed E-state index contributed by atoms with van der Waals surface area (Å²) in [6.45, 7) is 3.53. The summed E-state index contributed by atoms with van der Waals surface area (Å²) in [6.07, 6.45) is 6.79. The number of morpholine rings is 1. The quantitative estimate of drug-likeness (QED) is 0.642. The number of likely N-dealkylation sites (N-methyl/N-ethyl adjacent to an activating group) is 1. The molecule has 3 heterocycles. The van der Waals surface area contributed by atoms with E-state index in [2.05, 4.69) is 36.1 Å². The number of pyridine rings is 1. The summed E-state index contributed by atoms with van der Waals surface area (Å²) in [4.78, 5) is 21.0. The lowest BCUT2D eigenvalue weighted by atomic mass is 10.0. The number of benzene rings is 1. The van der Waals surface area contributed by atoms with Gasteiger partial charge in [0.1, 0.15) is 5.58 Å². The zero-order valence-corrected chi connectivity index (χ0v) is 17.1. The summed E-state index contributed by atoms with van der Waals surface area (Å²) in [6, 6.07) is 8.28. The van der Waals surface area contributed by atoms with Crippen LogP contribution in [0.15, 0.2) is 47.3 Å². The second kappa shape index (κ2) is 8.76. The highest BCUT2D eigenvalue weighted by Crippen LogP contribution is 2.28. The standard InChI is InChI=1S/C23H27N3O3/c1-25(2)6-5-19-16-29-22-4-3-18(13-21(19)22)20-11-17(14-24-15-20)12-23(27)26-7-9-28-10-8-26/h3-4,11,13-16H,5-10,12H2,1-2H3/i19+2. The monoisotopic (exact) mass is 395 g/mol. The molecule has 2 aromatic heterocycles. The van der Waals surface area contributed by atoms with E-state index in [0.717, 1.165) is 40.6 Å². The van der Waals surface area contributed by atoms with Gasteiger partial charge in [-0.1, -0.05) is 6.07 Å². The molecule has 0 atom stereocenters. The Hall–Kier alpha value is -2.70. The fourth-order valence-electron chi connectivity index (χ4n) is 3.64. The minimum atomic E-state index is 0.128. The van der Waals surface area contributed by atoms with E-state index in [4.69, 9.17) is 9.15 Å². The molecule has 0 radical (unpaired) electrons. The van der Waals surface area contributed by atoms with E-state index < -0.39 is 0 Å². The van der Waals surface area contributed by atoms with Gasteiger partial charge in [-0.3, -0.25) is 9.78 Å². The summed E-state index contributed by atoms with van der Waals surface area (Å²) < 4.78 is 11.1. The maximum absolute atomic E-state index is 12.6. The van der Waals surface area contributed by atoms with Gasteiger partial charge in [0.25, 0.3) is 0 Å². The molecule has 1 fully saturated rings. The highest BCUT2D eigenvalue weighted by Gasteiger charge is 2.17. The number of hydrogen-bond acceptors (Lipinski definition) is 5. The van der Waals surface area contributed by atoms with Crippen LogP contribution in [0.3, 0.4) is 0 Å². The van der Waals surface area contributed by atoms with Crippen LogP contribution < -0.4 is 0 Å². The van der Waals surface area contributed by atoms with Crippen LogP contribution >= 0.6 is 0 Å². The Balaban J connectivity index is 1.55. The van der Waals surface area contributed by atoms with Crippen molar-refractivity contribution >= 4 is 16.9 Å². The molecule has 152 valence electrons. The van der Waals surface area contributed by atoms with Gasteiger partial charge in [0, 0.05) is 43.0 Å². The fourth-order valence-corrected chi connectivity index (χ4v) is 3.64. The van der Waals surface area contributed by atoms with E-state index in [0.29, 0.717) is 32.7 Å². The Morgan fingerprint density at radius 2 is 2.00 bits per heavy atom. The summed E-state index contributed by atoms with van der Waals surface area (Å²) in [5.41, 5.74) is 5.13. The molecule has 3 aromatic rings. The first kappa shape index (κ1) is 19.6. The van der Waals surface area contributed by atoms with E-state index in [1.54, 1.807) is 6.20 Å². The van der Waals surface area contributed by atoms with Crippen LogP contribution in [-0.4, -0.2) is 67.6 Å². The highest BCUT2D eigenvalue weighted by molar-refractivity contribution is 5.86. The SMILES string of the molecule is CN(C)CC[14c]1coc2ccc(-c3cncc(CC(=O)N4CCOCC4)c3)cc21. The number of carbonyl (C=O) groups is 1. The molecule has 1 aliphatic rings. The lowest BCUT2D eigenvalue weighted by molar-refractivity contribution is -0.134. The Morgan fingerprint density at radius 1 is 1.17 bits per heavy atom. The third-order valence-electron chi connectivity index (χ3n) is 5.33. The fraction of sp³-hybridized carbons (Fsp3) is 0.391. The number of rotatable bonds is 6. The number of carbonyl (C=O) groups excluding carboxylic acids is 1. The van der Waals surface area contributed by atoms with Crippen molar-refractivity contribution in [1.29, 1.82) is 0 Å². The predicted molar refractivity (Wildman–Crippen MR) is 113 cm³/mol. The van der Waals surface area contributed by atoms with Gasteiger partial charge in [0.15, 0.2) is 0 Å². The number of hydrogen-bond donors (Lipinski definition) is 0. The molecule has 6 heteroatoms. The number of nitrogens with zero attached hydrogens (tertiary/aromatic N) is 3. The van der Waals surface area contributed by atoms with Crippen molar-refractivity contribution in [3.05, 3.63) is 54.0 Å². The van der Waals surface area contributed by atoms with Crippen LogP contribution in [0.5, 0.6) is 0 Å². The van der Waals surface area contributed by atoms with Crippen molar-refractivity contribution in [2.24, 2.45) is 0 Å². The molecular formula is C23H27N3O3. The van der Waals surface area contributed by atoms with Crippen molar-refractivity contribution in [1.82, 2.24) is 14.8 Å². The third-order valence-corrected chi connectivity index (χ3v) is 5.33. The first-order chi connectivity index (χ1) is 14.1. The van der Waals surface area contributed by atoms with Gasteiger partial charge in [-0.15, -0.1) is 0 Å². The molecule has 1 saturated heterocycles.